The number of hydrogen-bond acceptors (Lipinski definition) is 6. The van der Waals surface area contributed by atoms with Crippen LogP contribution in [0, 0.1) is 6.92 Å². The van der Waals surface area contributed by atoms with Crippen LogP contribution in [0.25, 0.3) is 0 Å². The molecular weight excluding hydrogens is 578 g/mol. The van der Waals surface area contributed by atoms with Crippen LogP contribution in [0.3, 0.4) is 0 Å². The highest BCUT2D eigenvalue weighted by atomic mass is 32.2. The van der Waals surface area contributed by atoms with Crippen molar-refractivity contribution < 1.29 is 27.5 Å². The van der Waals surface area contributed by atoms with Gasteiger partial charge in [-0.1, -0.05) is 68.1 Å². The molecule has 9 nitrogen and oxygen atoms in total. The maximum atomic E-state index is 14.4. The van der Waals surface area contributed by atoms with Crippen molar-refractivity contribution in [2.45, 2.75) is 75.9 Å². The maximum Gasteiger partial charge on any atom is 0.264 e. The van der Waals surface area contributed by atoms with Gasteiger partial charge in [0.2, 0.25) is 11.8 Å². The molecule has 44 heavy (non-hydrogen) atoms. The molecule has 0 heterocycles. The van der Waals surface area contributed by atoms with Crippen molar-refractivity contribution in [3.8, 4) is 11.5 Å². The molecule has 0 bridgehead atoms. The van der Waals surface area contributed by atoms with E-state index in [0.717, 1.165) is 47.5 Å². The van der Waals surface area contributed by atoms with Crippen molar-refractivity contribution in [3.63, 3.8) is 0 Å². The first-order valence-electron chi connectivity index (χ1n) is 15.1. The minimum absolute atomic E-state index is 0.0100. The summed E-state index contributed by atoms with van der Waals surface area (Å²) in [6.45, 7) is 3.47. The number of nitrogens with zero attached hydrogens (tertiary/aromatic N) is 2. The second-order valence-corrected chi connectivity index (χ2v) is 13.0. The third-order valence-corrected chi connectivity index (χ3v) is 9.87. The summed E-state index contributed by atoms with van der Waals surface area (Å²) >= 11 is 0. The summed E-state index contributed by atoms with van der Waals surface area (Å²) in [7, 11) is -1.29. The molecule has 0 aromatic heterocycles. The molecule has 0 unspecified atom stereocenters. The number of para-hydroxylation sites is 2. The SMILES string of the molecule is CC[C@H](C(=O)NC1CCCCC1)N(Cc1ccc(C)cc1)C(=O)CN(c1ccccc1OC)S(=O)(=O)c1ccc(OC)cc1. The molecule has 3 aromatic carbocycles. The number of methoxy groups -OCH3 is 2. The van der Waals surface area contributed by atoms with Crippen molar-refractivity contribution in [3.05, 3.63) is 83.9 Å². The van der Waals surface area contributed by atoms with Crippen LogP contribution in [0.2, 0.25) is 0 Å². The number of anilines is 1. The Balaban J connectivity index is 1.73. The lowest BCUT2D eigenvalue weighted by atomic mass is 9.95. The van der Waals surface area contributed by atoms with Gasteiger partial charge in [0.1, 0.15) is 24.1 Å². The van der Waals surface area contributed by atoms with Gasteiger partial charge < -0.3 is 19.7 Å². The lowest BCUT2D eigenvalue weighted by molar-refractivity contribution is -0.140. The van der Waals surface area contributed by atoms with Gasteiger partial charge in [0.25, 0.3) is 10.0 Å². The standard InChI is InChI=1S/C34H43N3O6S/c1-5-30(34(39)35-27-11-7-6-8-12-27)36(23-26-17-15-25(2)16-18-26)33(38)24-37(31-13-9-10-14-32(31)43-4)44(40,41)29-21-19-28(42-3)20-22-29/h9-10,13-22,27,30H,5-8,11-12,23-24H2,1-4H3,(H,35,39)/t30-/m1/s1. The van der Waals surface area contributed by atoms with Gasteiger partial charge in [-0.3, -0.25) is 13.9 Å². The summed E-state index contributed by atoms with van der Waals surface area (Å²) in [5.41, 5.74) is 2.13. The van der Waals surface area contributed by atoms with Crippen molar-refractivity contribution in [1.82, 2.24) is 10.2 Å². The third kappa shape index (κ3) is 7.91. The first-order chi connectivity index (χ1) is 21.2. The maximum absolute atomic E-state index is 14.4. The van der Waals surface area contributed by atoms with Crippen LogP contribution < -0.4 is 19.1 Å². The van der Waals surface area contributed by atoms with E-state index in [0.29, 0.717) is 17.9 Å². The molecule has 2 amide bonds. The number of ether oxygens (including phenoxy) is 2. The van der Waals surface area contributed by atoms with Crippen LogP contribution in [0.4, 0.5) is 5.69 Å². The Hall–Kier alpha value is -4.05. The Morgan fingerprint density at radius 1 is 0.909 bits per heavy atom. The number of aryl methyl sites for hydroxylation is 1. The second kappa shape index (κ2) is 15.1. The third-order valence-electron chi connectivity index (χ3n) is 8.09. The van der Waals surface area contributed by atoms with E-state index >= 15 is 0 Å². The summed E-state index contributed by atoms with van der Waals surface area (Å²) in [4.78, 5) is 29.6. The number of amides is 2. The second-order valence-electron chi connectivity index (χ2n) is 11.1. The minimum atomic E-state index is -4.24. The average Bonchev–Trinajstić information content (AvgIpc) is 3.04. The molecular formula is C34H43N3O6S. The van der Waals surface area contributed by atoms with E-state index in [2.05, 4.69) is 5.32 Å². The van der Waals surface area contributed by atoms with E-state index in [1.165, 1.54) is 31.3 Å². The fourth-order valence-electron chi connectivity index (χ4n) is 5.58. The number of benzene rings is 3. The zero-order valence-electron chi connectivity index (χ0n) is 26.0. The van der Waals surface area contributed by atoms with E-state index in [9.17, 15) is 18.0 Å². The molecule has 3 aromatic rings. The Morgan fingerprint density at radius 2 is 1.57 bits per heavy atom. The molecule has 1 aliphatic carbocycles. The number of nitrogens with one attached hydrogen (secondary N) is 1. The molecule has 0 saturated heterocycles. The van der Waals surface area contributed by atoms with Gasteiger partial charge in [-0.15, -0.1) is 0 Å². The summed E-state index contributed by atoms with van der Waals surface area (Å²) in [5.74, 6) is 0.0772. The highest BCUT2D eigenvalue weighted by Crippen LogP contribution is 2.33. The summed E-state index contributed by atoms with van der Waals surface area (Å²) < 4.78 is 40.1. The molecule has 1 aliphatic rings. The topological polar surface area (TPSA) is 105 Å². The highest BCUT2D eigenvalue weighted by molar-refractivity contribution is 7.92. The van der Waals surface area contributed by atoms with Crippen LogP contribution in [-0.4, -0.2) is 58.0 Å². The molecule has 0 aliphatic heterocycles. The smallest absolute Gasteiger partial charge is 0.264 e. The molecule has 4 rings (SSSR count). The van der Waals surface area contributed by atoms with E-state index < -0.39 is 28.5 Å². The Labute approximate surface area is 261 Å². The number of sulfonamides is 1. The monoisotopic (exact) mass is 621 g/mol. The van der Waals surface area contributed by atoms with Crippen molar-refractivity contribution in [2.24, 2.45) is 0 Å². The van der Waals surface area contributed by atoms with Gasteiger partial charge in [-0.2, -0.15) is 0 Å². The molecule has 1 fully saturated rings. The van der Waals surface area contributed by atoms with Gasteiger partial charge in [0, 0.05) is 12.6 Å². The summed E-state index contributed by atoms with van der Waals surface area (Å²) in [6, 6.07) is 19.7. The quantitative estimate of drug-likeness (QED) is 0.272. The molecule has 1 atom stereocenters. The molecule has 0 radical (unpaired) electrons. The highest BCUT2D eigenvalue weighted by Gasteiger charge is 2.35. The molecule has 0 spiro atoms. The van der Waals surface area contributed by atoms with Crippen LogP contribution in [0.1, 0.15) is 56.6 Å². The zero-order valence-corrected chi connectivity index (χ0v) is 26.8. The van der Waals surface area contributed by atoms with E-state index in [4.69, 9.17) is 9.47 Å². The lowest BCUT2D eigenvalue weighted by Gasteiger charge is -2.34. The van der Waals surface area contributed by atoms with Crippen molar-refractivity contribution in [1.29, 1.82) is 0 Å². The number of carbonyl (C=O) groups is 2. The van der Waals surface area contributed by atoms with Gasteiger partial charge in [0.05, 0.1) is 24.8 Å². The lowest BCUT2D eigenvalue weighted by Crippen LogP contribution is -2.54. The fraction of sp³-hybridized carbons (Fsp3) is 0.412. The summed E-state index contributed by atoms with van der Waals surface area (Å²) in [6.07, 6.45) is 5.47. The molecule has 1 saturated carbocycles. The first kappa shape index (κ1) is 32.9. The van der Waals surface area contributed by atoms with E-state index in [-0.39, 0.29) is 29.1 Å². The summed E-state index contributed by atoms with van der Waals surface area (Å²) in [5, 5.41) is 3.17. The molecule has 236 valence electrons. The Morgan fingerprint density at radius 3 is 2.18 bits per heavy atom. The van der Waals surface area contributed by atoms with Crippen molar-refractivity contribution in [2.75, 3.05) is 25.1 Å². The molecule has 1 N–H and O–H groups in total. The van der Waals surface area contributed by atoms with Crippen molar-refractivity contribution >= 4 is 27.5 Å². The van der Waals surface area contributed by atoms with Gasteiger partial charge in [0.15, 0.2) is 0 Å². The number of hydrogen-bond donors (Lipinski definition) is 1. The minimum Gasteiger partial charge on any atom is -0.497 e. The fourth-order valence-corrected chi connectivity index (χ4v) is 7.00. The predicted octanol–water partition coefficient (Wildman–Crippen LogP) is 5.46. The van der Waals surface area contributed by atoms with Gasteiger partial charge in [-0.25, -0.2) is 8.42 Å². The van der Waals surface area contributed by atoms with E-state index in [1.54, 1.807) is 36.4 Å². The predicted molar refractivity (Wildman–Crippen MR) is 171 cm³/mol. The van der Waals surface area contributed by atoms with Crippen LogP contribution in [0.5, 0.6) is 11.5 Å². The van der Waals surface area contributed by atoms with Gasteiger partial charge >= 0.3 is 0 Å². The zero-order chi connectivity index (χ0) is 31.7. The Kier molecular flexibility index (Phi) is 11.3. The Bertz CT molecular complexity index is 1500. The van der Waals surface area contributed by atoms with E-state index in [1.807, 2.05) is 38.1 Å². The van der Waals surface area contributed by atoms with Crippen LogP contribution in [-0.2, 0) is 26.2 Å². The van der Waals surface area contributed by atoms with Gasteiger partial charge in [-0.05, 0) is 68.1 Å². The first-order valence-corrected chi connectivity index (χ1v) is 16.6. The molecule has 10 heteroatoms. The normalized spacial score (nSPS) is 14.4. The number of rotatable bonds is 13. The van der Waals surface area contributed by atoms with Crippen LogP contribution in [0.15, 0.2) is 77.7 Å². The number of carbonyl (C=O) groups excluding carboxylic acids is 2. The van der Waals surface area contributed by atoms with Crippen LogP contribution >= 0.6 is 0 Å². The largest absolute Gasteiger partial charge is 0.497 e. The average molecular weight is 622 g/mol.